The van der Waals surface area contributed by atoms with Gasteiger partial charge in [-0.25, -0.2) is 4.98 Å². The number of nitrogens with zero attached hydrogens (tertiary/aromatic N) is 4. The van der Waals surface area contributed by atoms with Crippen molar-refractivity contribution in [3.8, 4) is 11.4 Å². The summed E-state index contributed by atoms with van der Waals surface area (Å²) in [5.41, 5.74) is 9.90. The monoisotopic (exact) mass is 267 g/mol. The summed E-state index contributed by atoms with van der Waals surface area (Å²) in [4.78, 5) is 4.75. The van der Waals surface area contributed by atoms with Crippen LogP contribution in [0.3, 0.4) is 0 Å². The van der Waals surface area contributed by atoms with E-state index in [0.717, 1.165) is 41.0 Å². The lowest BCUT2D eigenvalue weighted by molar-refractivity contribution is 0.703. The van der Waals surface area contributed by atoms with Crippen LogP contribution in [0, 0.1) is 0 Å². The molecule has 3 aromatic rings. The van der Waals surface area contributed by atoms with Crippen LogP contribution >= 0.6 is 0 Å². The van der Waals surface area contributed by atoms with Crippen LogP contribution in [0.15, 0.2) is 36.7 Å². The highest BCUT2D eigenvalue weighted by atomic mass is 15.1. The van der Waals surface area contributed by atoms with Gasteiger partial charge in [0.05, 0.1) is 23.4 Å². The lowest BCUT2D eigenvalue weighted by atomic mass is 10.2. The highest BCUT2D eigenvalue weighted by Gasteiger charge is 2.12. The number of aryl methyl sites for hydroxylation is 1. The van der Waals surface area contributed by atoms with Gasteiger partial charge in [0.1, 0.15) is 5.82 Å². The van der Waals surface area contributed by atoms with E-state index in [-0.39, 0.29) is 0 Å². The summed E-state index contributed by atoms with van der Waals surface area (Å²) in [7, 11) is 0. The van der Waals surface area contributed by atoms with Crippen LogP contribution in [0.2, 0.25) is 0 Å². The lowest BCUT2D eigenvalue weighted by Gasteiger charge is -2.07. The van der Waals surface area contributed by atoms with Crippen LogP contribution in [-0.4, -0.2) is 19.7 Å². The molecule has 102 valence electrons. The topological polar surface area (TPSA) is 69.6 Å². The molecule has 0 radical (unpaired) electrons. The molecule has 0 fully saturated rings. The van der Waals surface area contributed by atoms with E-state index < -0.39 is 0 Å². The minimum atomic E-state index is 0.530. The SMILES string of the molecule is CCCn1c(-c2ccnnc2)nc2cc(CN)ccc21. The molecule has 0 saturated heterocycles. The summed E-state index contributed by atoms with van der Waals surface area (Å²) in [6.45, 7) is 3.62. The molecule has 5 heteroatoms. The Labute approximate surface area is 117 Å². The molecule has 0 aliphatic rings. The molecule has 20 heavy (non-hydrogen) atoms. The number of imidazole rings is 1. The summed E-state index contributed by atoms with van der Waals surface area (Å²) in [6, 6.07) is 8.15. The van der Waals surface area contributed by atoms with E-state index in [1.54, 1.807) is 12.4 Å². The number of aromatic nitrogens is 4. The predicted octanol–water partition coefficient (Wildman–Crippen LogP) is 2.36. The number of hydrogen-bond acceptors (Lipinski definition) is 4. The second-order valence-corrected chi connectivity index (χ2v) is 4.75. The van der Waals surface area contributed by atoms with E-state index >= 15 is 0 Å². The predicted molar refractivity (Wildman–Crippen MR) is 78.9 cm³/mol. The second-order valence-electron chi connectivity index (χ2n) is 4.75. The van der Waals surface area contributed by atoms with Gasteiger partial charge in [-0.2, -0.15) is 10.2 Å². The summed E-state index contributed by atoms with van der Waals surface area (Å²) < 4.78 is 2.23. The Morgan fingerprint density at radius 2 is 2.10 bits per heavy atom. The molecule has 2 heterocycles. The standard InChI is InChI=1S/C15H17N5/c1-2-7-20-14-4-3-11(9-16)8-13(14)19-15(20)12-5-6-17-18-10-12/h3-6,8,10H,2,7,9,16H2,1H3. The fourth-order valence-corrected chi connectivity index (χ4v) is 2.40. The molecule has 0 aliphatic heterocycles. The van der Waals surface area contributed by atoms with Gasteiger partial charge in [0.15, 0.2) is 0 Å². The van der Waals surface area contributed by atoms with Crippen LogP contribution in [0.25, 0.3) is 22.4 Å². The van der Waals surface area contributed by atoms with Crippen LogP contribution in [0.5, 0.6) is 0 Å². The van der Waals surface area contributed by atoms with Gasteiger partial charge >= 0.3 is 0 Å². The van der Waals surface area contributed by atoms with Crippen molar-refractivity contribution in [3.05, 3.63) is 42.2 Å². The van der Waals surface area contributed by atoms with Crippen molar-refractivity contribution in [3.63, 3.8) is 0 Å². The normalized spacial score (nSPS) is 11.1. The zero-order chi connectivity index (χ0) is 13.9. The highest BCUT2D eigenvalue weighted by molar-refractivity contribution is 5.81. The van der Waals surface area contributed by atoms with Gasteiger partial charge in [-0.1, -0.05) is 13.0 Å². The molecule has 2 aromatic heterocycles. The molecule has 3 rings (SSSR count). The average molecular weight is 267 g/mol. The van der Waals surface area contributed by atoms with Crippen LogP contribution in [0.1, 0.15) is 18.9 Å². The minimum absolute atomic E-state index is 0.530. The third kappa shape index (κ3) is 2.16. The molecule has 5 nitrogen and oxygen atoms in total. The first-order valence-corrected chi connectivity index (χ1v) is 6.79. The van der Waals surface area contributed by atoms with E-state index in [0.29, 0.717) is 6.54 Å². The van der Waals surface area contributed by atoms with Gasteiger partial charge in [-0.05, 0) is 30.2 Å². The van der Waals surface area contributed by atoms with Crippen molar-refractivity contribution in [2.75, 3.05) is 0 Å². The largest absolute Gasteiger partial charge is 0.326 e. The van der Waals surface area contributed by atoms with Crippen molar-refractivity contribution >= 4 is 11.0 Å². The van der Waals surface area contributed by atoms with Crippen molar-refractivity contribution in [2.24, 2.45) is 5.73 Å². The Hall–Kier alpha value is -2.27. The number of benzene rings is 1. The quantitative estimate of drug-likeness (QED) is 0.787. The zero-order valence-electron chi connectivity index (χ0n) is 11.5. The van der Waals surface area contributed by atoms with Gasteiger partial charge in [0.2, 0.25) is 0 Å². The molecule has 1 aromatic carbocycles. The van der Waals surface area contributed by atoms with E-state index in [4.69, 9.17) is 10.7 Å². The van der Waals surface area contributed by atoms with Gasteiger partial charge in [-0.15, -0.1) is 0 Å². The maximum atomic E-state index is 5.70. The number of nitrogens with two attached hydrogens (primary N) is 1. The number of hydrogen-bond donors (Lipinski definition) is 1. The summed E-state index contributed by atoms with van der Waals surface area (Å²) in [5, 5.41) is 7.77. The third-order valence-electron chi connectivity index (χ3n) is 3.34. The van der Waals surface area contributed by atoms with Crippen LogP contribution < -0.4 is 5.73 Å². The smallest absolute Gasteiger partial charge is 0.142 e. The Morgan fingerprint density at radius 3 is 2.80 bits per heavy atom. The fraction of sp³-hybridized carbons (Fsp3) is 0.267. The molecule has 0 amide bonds. The Morgan fingerprint density at radius 1 is 1.20 bits per heavy atom. The Bertz CT molecular complexity index is 718. The van der Waals surface area contributed by atoms with Crippen molar-refractivity contribution < 1.29 is 0 Å². The molecule has 0 spiro atoms. The summed E-state index contributed by atoms with van der Waals surface area (Å²) in [5.74, 6) is 0.936. The zero-order valence-corrected chi connectivity index (χ0v) is 11.5. The van der Waals surface area contributed by atoms with E-state index in [2.05, 4.69) is 39.9 Å². The third-order valence-corrected chi connectivity index (χ3v) is 3.34. The fourth-order valence-electron chi connectivity index (χ4n) is 2.40. The molecule has 0 bridgehead atoms. The minimum Gasteiger partial charge on any atom is -0.326 e. The van der Waals surface area contributed by atoms with Crippen molar-refractivity contribution in [2.45, 2.75) is 26.4 Å². The maximum Gasteiger partial charge on any atom is 0.142 e. The Balaban J connectivity index is 2.22. The molecule has 0 atom stereocenters. The highest BCUT2D eigenvalue weighted by Crippen LogP contribution is 2.25. The first-order valence-electron chi connectivity index (χ1n) is 6.79. The lowest BCUT2D eigenvalue weighted by Crippen LogP contribution is -2.00. The molecule has 2 N–H and O–H groups in total. The van der Waals surface area contributed by atoms with Crippen LogP contribution in [-0.2, 0) is 13.1 Å². The molecular formula is C15H17N5. The number of rotatable bonds is 4. The van der Waals surface area contributed by atoms with Crippen molar-refractivity contribution in [1.82, 2.24) is 19.7 Å². The van der Waals surface area contributed by atoms with Gasteiger partial charge < -0.3 is 10.3 Å². The van der Waals surface area contributed by atoms with Gasteiger partial charge in [0.25, 0.3) is 0 Å². The average Bonchev–Trinajstić information content (AvgIpc) is 2.86. The number of fused-ring (bicyclic) bond motifs is 1. The molecule has 0 unspecified atom stereocenters. The molecular weight excluding hydrogens is 250 g/mol. The van der Waals surface area contributed by atoms with Crippen LogP contribution in [0.4, 0.5) is 0 Å². The Kier molecular flexibility index (Phi) is 3.43. The maximum absolute atomic E-state index is 5.70. The van der Waals surface area contributed by atoms with E-state index in [9.17, 15) is 0 Å². The van der Waals surface area contributed by atoms with Gasteiger partial charge in [0, 0.05) is 18.7 Å². The second kappa shape index (κ2) is 5.38. The first-order chi connectivity index (χ1) is 9.83. The van der Waals surface area contributed by atoms with Gasteiger partial charge in [-0.3, -0.25) is 0 Å². The van der Waals surface area contributed by atoms with E-state index in [1.807, 2.05) is 6.07 Å². The molecule has 0 saturated carbocycles. The van der Waals surface area contributed by atoms with Crippen molar-refractivity contribution in [1.29, 1.82) is 0 Å². The van der Waals surface area contributed by atoms with E-state index in [1.165, 1.54) is 0 Å². The molecule has 0 aliphatic carbocycles. The summed E-state index contributed by atoms with van der Waals surface area (Å²) >= 11 is 0. The first kappa shape index (κ1) is 12.7. The summed E-state index contributed by atoms with van der Waals surface area (Å²) in [6.07, 6.45) is 4.49.